The number of rotatable bonds is 15. The van der Waals surface area contributed by atoms with Crippen LogP contribution in [-0.2, 0) is 10.8 Å². The summed E-state index contributed by atoms with van der Waals surface area (Å²) in [4.78, 5) is 32.8. The standard InChI is InChI=1S/C54H72N4O5/c1-13-14-15-16-17-26-63-38-24-22-37(23-25-38)52(62)56-44-30-46-42(54(11,12)35(8)58(46)32(4)5)28-40(44)48-49(59)47(50(48)60)39-27-41-45(57(31(2)3)34(7)53(41,9)10)29-43(39)55-51(61)36-20-18-33(6)19-21-36/h18-25,27-32,34-35,47-50,59-60H,13-17,26H2,1-12H3,(H,55,61)(H,56,62). The molecule has 2 amide bonds. The van der Waals surface area contributed by atoms with Crippen LogP contribution in [-0.4, -0.2) is 65.0 Å². The van der Waals surface area contributed by atoms with Crippen LogP contribution in [0.1, 0.15) is 169 Å². The Bertz CT molecular complexity index is 2290. The lowest BCUT2D eigenvalue weighted by Crippen LogP contribution is -2.52. The first-order valence-corrected chi connectivity index (χ1v) is 23.5. The third-order valence-corrected chi connectivity index (χ3v) is 14.9. The van der Waals surface area contributed by atoms with E-state index in [0.29, 0.717) is 40.2 Å². The number of hydrogen-bond donors (Lipinski definition) is 4. The molecule has 1 saturated carbocycles. The number of hydrogen-bond acceptors (Lipinski definition) is 7. The van der Waals surface area contributed by atoms with Crippen molar-refractivity contribution in [3.8, 4) is 5.75 Å². The summed E-state index contributed by atoms with van der Waals surface area (Å²) in [6, 6.07) is 23.8. The molecular formula is C54H72N4O5. The Morgan fingerprint density at radius 1 is 0.651 bits per heavy atom. The van der Waals surface area contributed by atoms with E-state index in [1.807, 2.05) is 55.5 Å². The summed E-state index contributed by atoms with van der Waals surface area (Å²) in [5, 5.41) is 31.5. The number of aryl methyl sites for hydroxylation is 1. The summed E-state index contributed by atoms with van der Waals surface area (Å²) in [5.41, 5.74) is 8.42. The quantitative estimate of drug-likeness (QED) is 0.0881. The highest BCUT2D eigenvalue weighted by Gasteiger charge is 2.54. The van der Waals surface area contributed by atoms with E-state index in [1.54, 1.807) is 12.1 Å². The minimum atomic E-state index is -1.02. The predicted molar refractivity (Wildman–Crippen MR) is 258 cm³/mol. The average molecular weight is 857 g/mol. The molecule has 1 fully saturated rings. The van der Waals surface area contributed by atoms with Crippen LogP contribution in [0, 0.1) is 6.92 Å². The van der Waals surface area contributed by atoms with Crippen LogP contribution in [0.25, 0.3) is 0 Å². The first kappa shape index (κ1) is 46.1. The third-order valence-electron chi connectivity index (χ3n) is 14.9. The van der Waals surface area contributed by atoms with Gasteiger partial charge in [0.1, 0.15) is 5.75 Å². The minimum Gasteiger partial charge on any atom is -0.494 e. The fourth-order valence-corrected chi connectivity index (χ4v) is 10.6. The Hall–Kier alpha value is -4.86. The van der Waals surface area contributed by atoms with Crippen LogP contribution >= 0.6 is 0 Å². The van der Waals surface area contributed by atoms with Crippen LogP contribution in [0.3, 0.4) is 0 Å². The van der Waals surface area contributed by atoms with Crippen molar-refractivity contribution in [3.63, 3.8) is 0 Å². The van der Waals surface area contributed by atoms with Gasteiger partial charge in [0.15, 0.2) is 0 Å². The van der Waals surface area contributed by atoms with Crippen molar-refractivity contribution in [3.05, 3.63) is 112 Å². The summed E-state index contributed by atoms with van der Waals surface area (Å²) in [5.74, 6) is -1.23. The van der Waals surface area contributed by atoms with Crippen molar-refractivity contribution in [1.29, 1.82) is 0 Å². The monoisotopic (exact) mass is 857 g/mol. The molecule has 1 aliphatic carbocycles. The van der Waals surface area contributed by atoms with Gasteiger partial charge in [0.2, 0.25) is 0 Å². The minimum absolute atomic E-state index is 0.164. The van der Waals surface area contributed by atoms with Crippen molar-refractivity contribution >= 4 is 34.6 Å². The molecule has 7 rings (SSSR count). The van der Waals surface area contributed by atoms with Crippen molar-refractivity contribution < 1.29 is 24.5 Å². The Morgan fingerprint density at radius 2 is 1.06 bits per heavy atom. The highest BCUT2D eigenvalue weighted by molar-refractivity contribution is 6.06. The molecule has 0 spiro atoms. The van der Waals surface area contributed by atoms with Crippen LogP contribution < -0.4 is 25.2 Å². The van der Waals surface area contributed by atoms with Crippen LogP contribution in [0.4, 0.5) is 22.7 Å². The molecule has 9 heteroatoms. The van der Waals surface area contributed by atoms with Crippen molar-refractivity contribution in [2.45, 2.75) is 174 Å². The second-order valence-corrected chi connectivity index (χ2v) is 20.3. The Balaban J connectivity index is 1.25. The second kappa shape index (κ2) is 18.0. The summed E-state index contributed by atoms with van der Waals surface area (Å²) in [7, 11) is 0. The van der Waals surface area contributed by atoms with E-state index in [-0.39, 0.29) is 46.8 Å². The molecule has 0 saturated heterocycles. The van der Waals surface area contributed by atoms with Crippen LogP contribution in [0.15, 0.2) is 72.8 Å². The smallest absolute Gasteiger partial charge is 0.255 e. The largest absolute Gasteiger partial charge is 0.494 e. The molecule has 4 aromatic rings. The maximum absolute atomic E-state index is 14.1. The number of ether oxygens (including phenoxy) is 1. The Kier molecular flexibility index (Phi) is 13.2. The number of nitrogens with zero attached hydrogens (tertiary/aromatic N) is 2. The highest BCUT2D eigenvalue weighted by atomic mass is 16.5. The zero-order valence-electron chi connectivity index (χ0n) is 39.8. The molecule has 0 radical (unpaired) electrons. The Labute approximate surface area is 376 Å². The van der Waals surface area contributed by atoms with Crippen molar-refractivity contribution in [2.75, 3.05) is 27.0 Å². The molecule has 0 aromatic heterocycles. The number of aliphatic hydroxyl groups excluding tert-OH is 2. The number of aliphatic hydroxyl groups is 2. The number of unbranched alkanes of at least 4 members (excludes halogenated alkanes) is 4. The molecule has 4 atom stereocenters. The molecule has 3 aliphatic rings. The number of carbonyl (C=O) groups excluding carboxylic acids is 2. The topological polar surface area (TPSA) is 114 Å². The average Bonchev–Trinajstić information content (AvgIpc) is 3.55. The van der Waals surface area contributed by atoms with Gasteiger partial charge in [0.25, 0.3) is 11.8 Å². The molecule has 9 nitrogen and oxygen atoms in total. The number of fused-ring (bicyclic) bond motifs is 2. The third kappa shape index (κ3) is 8.48. The normalized spacial score (nSPS) is 23.1. The fourth-order valence-electron chi connectivity index (χ4n) is 10.6. The van der Waals surface area contributed by atoms with Gasteiger partial charge in [-0.3, -0.25) is 9.59 Å². The van der Waals surface area contributed by atoms with Gasteiger partial charge in [0.05, 0.1) is 18.8 Å². The van der Waals surface area contributed by atoms with E-state index in [4.69, 9.17) is 4.74 Å². The fraction of sp³-hybridized carbons (Fsp3) is 0.519. The Morgan fingerprint density at radius 3 is 1.48 bits per heavy atom. The summed E-state index contributed by atoms with van der Waals surface area (Å²) < 4.78 is 5.99. The second-order valence-electron chi connectivity index (χ2n) is 20.3. The van der Waals surface area contributed by atoms with E-state index >= 15 is 0 Å². The first-order valence-electron chi connectivity index (χ1n) is 23.5. The van der Waals surface area contributed by atoms with E-state index in [0.717, 1.165) is 46.7 Å². The summed E-state index contributed by atoms with van der Waals surface area (Å²) >= 11 is 0. The molecule has 2 heterocycles. The van der Waals surface area contributed by atoms with Gasteiger partial charge in [-0.15, -0.1) is 0 Å². The summed E-state index contributed by atoms with van der Waals surface area (Å²) in [6.07, 6.45) is 3.74. The van der Waals surface area contributed by atoms with E-state index in [1.165, 1.54) is 19.3 Å². The zero-order chi connectivity index (χ0) is 45.7. The lowest BCUT2D eigenvalue weighted by Gasteiger charge is -2.48. The van der Waals surface area contributed by atoms with Gasteiger partial charge in [0, 0.05) is 80.7 Å². The number of anilines is 4. The predicted octanol–water partition coefficient (Wildman–Crippen LogP) is 11.2. The van der Waals surface area contributed by atoms with Crippen molar-refractivity contribution in [1.82, 2.24) is 0 Å². The lowest BCUT2D eigenvalue weighted by molar-refractivity contribution is -0.0781. The molecule has 4 aromatic carbocycles. The van der Waals surface area contributed by atoms with E-state index in [2.05, 4.69) is 109 Å². The van der Waals surface area contributed by atoms with Gasteiger partial charge < -0.3 is 35.4 Å². The van der Waals surface area contributed by atoms with Gasteiger partial charge in [-0.1, -0.05) is 90.1 Å². The highest BCUT2D eigenvalue weighted by Crippen LogP contribution is 2.57. The lowest BCUT2D eigenvalue weighted by atomic mass is 9.61. The maximum Gasteiger partial charge on any atom is 0.255 e. The number of carbonyl (C=O) groups is 2. The molecule has 4 N–H and O–H groups in total. The molecule has 338 valence electrons. The maximum atomic E-state index is 14.1. The molecule has 2 aliphatic heterocycles. The number of amides is 2. The van der Waals surface area contributed by atoms with Crippen molar-refractivity contribution in [2.24, 2.45) is 0 Å². The van der Waals surface area contributed by atoms with Crippen LogP contribution in [0.5, 0.6) is 5.75 Å². The van der Waals surface area contributed by atoms with E-state index < -0.39 is 24.0 Å². The van der Waals surface area contributed by atoms with E-state index in [9.17, 15) is 19.8 Å². The molecule has 63 heavy (non-hydrogen) atoms. The van der Waals surface area contributed by atoms with Gasteiger partial charge in [-0.05, 0) is 126 Å². The first-order chi connectivity index (χ1) is 29.8. The number of nitrogens with one attached hydrogen (secondary N) is 2. The molecular weight excluding hydrogens is 785 g/mol. The molecule has 0 bridgehead atoms. The number of benzene rings is 4. The van der Waals surface area contributed by atoms with Gasteiger partial charge in [-0.2, -0.15) is 0 Å². The zero-order valence-corrected chi connectivity index (χ0v) is 39.8. The van der Waals surface area contributed by atoms with Gasteiger partial charge in [-0.25, -0.2) is 0 Å². The molecule has 4 unspecified atom stereocenters. The van der Waals surface area contributed by atoms with Gasteiger partial charge >= 0.3 is 0 Å². The SMILES string of the molecule is CCCCCCCOc1ccc(C(=O)Nc2cc3c(cc2C2C(O)C(c4cc5c(cc4NC(=O)c4ccc(C)cc4)N(C(C)C)C(C)C5(C)C)C2O)C(C)(C)C(C)N3C(C)C)cc1. The van der Waals surface area contributed by atoms with Crippen LogP contribution in [0.2, 0.25) is 0 Å². The summed E-state index contributed by atoms with van der Waals surface area (Å²) in [6.45, 7) is 27.0.